The molecule has 2 heteroatoms. The highest BCUT2D eigenvalue weighted by Gasteiger charge is 2.19. The van der Waals surface area contributed by atoms with Gasteiger partial charge in [0.15, 0.2) is 0 Å². The molecule has 0 spiro atoms. The summed E-state index contributed by atoms with van der Waals surface area (Å²) >= 11 is 0. The predicted molar refractivity (Wildman–Crippen MR) is 62.3 cm³/mol. The average Bonchev–Trinajstić information content (AvgIpc) is 2.18. The molecule has 1 rings (SSSR count). The van der Waals surface area contributed by atoms with Crippen molar-refractivity contribution in [2.75, 3.05) is 26.2 Å². The molecule has 14 heavy (non-hydrogen) atoms. The smallest absolute Gasteiger partial charge is 0.000968 e. The molecule has 2 atom stereocenters. The molecule has 1 heterocycles. The van der Waals surface area contributed by atoms with Crippen LogP contribution in [0.15, 0.2) is 0 Å². The molecule has 0 bridgehead atoms. The fraction of sp³-hybridized carbons (Fsp3) is 1.00. The molecule has 2 unspecified atom stereocenters. The number of piperidine rings is 1. The summed E-state index contributed by atoms with van der Waals surface area (Å²) in [6.45, 7) is 9.37. The van der Waals surface area contributed by atoms with Crippen LogP contribution in [0.2, 0.25) is 0 Å². The van der Waals surface area contributed by atoms with E-state index < -0.39 is 0 Å². The normalized spacial score (nSPS) is 26.4. The maximum Gasteiger partial charge on any atom is 0.000968 e. The Bertz CT molecular complexity index is 147. The van der Waals surface area contributed by atoms with Gasteiger partial charge in [-0.1, -0.05) is 20.3 Å². The molecule has 0 aromatic carbocycles. The van der Waals surface area contributed by atoms with Crippen LogP contribution in [0.25, 0.3) is 0 Å². The highest BCUT2D eigenvalue weighted by Crippen LogP contribution is 2.20. The molecule has 0 aromatic heterocycles. The van der Waals surface area contributed by atoms with Gasteiger partial charge in [-0.2, -0.15) is 0 Å². The first-order chi connectivity index (χ1) is 6.76. The maximum absolute atomic E-state index is 5.57. The molecule has 0 aromatic rings. The quantitative estimate of drug-likeness (QED) is 0.733. The van der Waals surface area contributed by atoms with E-state index in [0.29, 0.717) is 0 Å². The first-order valence-corrected chi connectivity index (χ1v) is 6.18. The summed E-state index contributed by atoms with van der Waals surface area (Å²) < 4.78 is 0. The van der Waals surface area contributed by atoms with Gasteiger partial charge in [-0.15, -0.1) is 0 Å². The molecule has 1 fully saturated rings. The lowest BCUT2D eigenvalue weighted by molar-refractivity contribution is 0.151. The summed E-state index contributed by atoms with van der Waals surface area (Å²) in [5.74, 6) is 1.73. The van der Waals surface area contributed by atoms with Gasteiger partial charge in [-0.3, -0.25) is 0 Å². The molecule has 84 valence electrons. The maximum atomic E-state index is 5.57. The average molecular weight is 198 g/mol. The van der Waals surface area contributed by atoms with Gasteiger partial charge in [0.25, 0.3) is 0 Å². The number of nitrogens with two attached hydrogens (primary N) is 1. The monoisotopic (exact) mass is 198 g/mol. The lowest BCUT2D eigenvalue weighted by Gasteiger charge is -2.33. The van der Waals surface area contributed by atoms with Crippen LogP contribution in [-0.4, -0.2) is 31.1 Å². The van der Waals surface area contributed by atoms with Crippen molar-refractivity contribution >= 4 is 0 Å². The molecule has 2 N–H and O–H groups in total. The van der Waals surface area contributed by atoms with Crippen molar-refractivity contribution in [2.45, 2.75) is 39.5 Å². The van der Waals surface area contributed by atoms with Gasteiger partial charge in [0.2, 0.25) is 0 Å². The Hall–Kier alpha value is -0.0800. The van der Waals surface area contributed by atoms with Crippen LogP contribution >= 0.6 is 0 Å². The molecule has 2 nitrogen and oxygen atoms in total. The minimum atomic E-state index is 0.774. The van der Waals surface area contributed by atoms with Crippen molar-refractivity contribution in [3.05, 3.63) is 0 Å². The number of nitrogens with zero attached hydrogens (tertiary/aromatic N) is 1. The topological polar surface area (TPSA) is 29.3 Å². The lowest BCUT2D eigenvalue weighted by atomic mass is 9.94. The SMILES string of the molecule is CCC1CCCN(CC(C)CCN)C1. The molecule has 1 saturated heterocycles. The molecular formula is C12H26N2. The molecule has 0 amide bonds. The number of hydrogen-bond acceptors (Lipinski definition) is 2. The summed E-state index contributed by atoms with van der Waals surface area (Å²) in [6, 6.07) is 0. The van der Waals surface area contributed by atoms with Gasteiger partial charge in [0.1, 0.15) is 0 Å². The van der Waals surface area contributed by atoms with Crippen molar-refractivity contribution < 1.29 is 0 Å². The van der Waals surface area contributed by atoms with Crippen LogP contribution in [0.4, 0.5) is 0 Å². The third-order valence-electron chi connectivity index (χ3n) is 3.41. The van der Waals surface area contributed by atoms with Crippen molar-refractivity contribution in [2.24, 2.45) is 17.6 Å². The summed E-state index contributed by atoms with van der Waals surface area (Å²) in [4.78, 5) is 2.64. The molecule has 0 saturated carbocycles. The third-order valence-corrected chi connectivity index (χ3v) is 3.41. The van der Waals surface area contributed by atoms with E-state index in [1.54, 1.807) is 0 Å². The third kappa shape index (κ3) is 3.97. The van der Waals surface area contributed by atoms with E-state index in [-0.39, 0.29) is 0 Å². The lowest BCUT2D eigenvalue weighted by Crippen LogP contribution is -2.38. The second-order valence-electron chi connectivity index (χ2n) is 4.86. The van der Waals surface area contributed by atoms with E-state index >= 15 is 0 Å². The first kappa shape index (κ1) is 12.0. The van der Waals surface area contributed by atoms with E-state index in [4.69, 9.17) is 5.73 Å². The van der Waals surface area contributed by atoms with Crippen LogP contribution in [0.5, 0.6) is 0 Å². The largest absolute Gasteiger partial charge is 0.330 e. The molecule has 1 aliphatic rings. The van der Waals surface area contributed by atoms with Crippen molar-refractivity contribution in [3.63, 3.8) is 0 Å². The van der Waals surface area contributed by atoms with Crippen molar-refractivity contribution in [1.29, 1.82) is 0 Å². The van der Waals surface area contributed by atoms with Crippen LogP contribution in [-0.2, 0) is 0 Å². The van der Waals surface area contributed by atoms with Crippen LogP contribution in [0.3, 0.4) is 0 Å². The van der Waals surface area contributed by atoms with Crippen molar-refractivity contribution in [1.82, 2.24) is 4.90 Å². The van der Waals surface area contributed by atoms with Gasteiger partial charge >= 0.3 is 0 Å². The summed E-state index contributed by atoms with van der Waals surface area (Å²) in [5.41, 5.74) is 5.57. The predicted octanol–water partition coefficient (Wildman–Crippen LogP) is 2.09. The Balaban J connectivity index is 2.22. The molecular weight excluding hydrogens is 172 g/mol. The van der Waals surface area contributed by atoms with Gasteiger partial charge in [-0.25, -0.2) is 0 Å². The summed E-state index contributed by atoms with van der Waals surface area (Å²) in [5, 5.41) is 0. The Labute approximate surface area is 88.8 Å². The van der Waals surface area contributed by atoms with E-state index in [2.05, 4.69) is 18.7 Å². The highest BCUT2D eigenvalue weighted by molar-refractivity contribution is 4.73. The zero-order chi connectivity index (χ0) is 10.4. The fourth-order valence-electron chi connectivity index (χ4n) is 2.47. The minimum absolute atomic E-state index is 0.774. The van der Waals surface area contributed by atoms with Crippen LogP contribution in [0.1, 0.15) is 39.5 Å². The Kier molecular flexibility index (Phi) is 5.49. The molecule has 0 aliphatic carbocycles. The first-order valence-electron chi connectivity index (χ1n) is 6.18. The molecule has 1 aliphatic heterocycles. The second kappa shape index (κ2) is 6.41. The minimum Gasteiger partial charge on any atom is -0.330 e. The Morgan fingerprint density at radius 3 is 2.93 bits per heavy atom. The van der Waals surface area contributed by atoms with E-state index in [9.17, 15) is 0 Å². The van der Waals surface area contributed by atoms with Crippen LogP contribution in [0, 0.1) is 11.8 Å². The highest BCUT2D eigenvalue weighted by atomic mass is 15.1. The van der Waals surface area contributed by atoms with Crippen molar-refractivity contribution in [3.8, 4) is 0 Å². The standard InChI is InChI=1S/C12H26N2/c1-3-12-5-4-8-14(10-12)9-11(2)6-7-13/h11-12H,3-10,13H2,1-2H3. The summed E-state index contributed by atoms with van der Waals surface area (Å²) in [7, 11) is 0. The Morgan fingerprint density at radius 2 is 2.29 bits per heavy atom. The summed E-state index contributed by atoms with van der Waals surface area (Å²) in [6.07, 6.45) is 5.36. The zero-order valence-electron chi connectivity index (χ0n) is 9.84. The zero-order valence-corrected chi connectivity index (χ0v) is 9.84. The second-order valence-corrected chi connectivity index (χ2v) is 4.86. The van der Waals surface area contributed by atoms with Gasteiger partial charge in [-0.05, 0) is 44.2 Å². The van der Waals surface area contributed by atoms with Gasteiger partial charge < -0.3 is 10.6 Å². The number of rotatable bonds is 5. The van der Waals surface area contributed by atoms with E-state index in [1.165, 1.54) is 45.3 Å². The fourth-order valence-corrected chi connectivity index (χ4v) is 2.47. The van der Waals surface area contributed by atoms with E-state index in [1.807, 2.05) is 0 Å². The number of hydrogen-bond donors (Lipinski definition) is 1. The molecule has 0 radical (unpaired) electrons. The van der Waals surface area contributed by atoms with Gasteiger partial charge in [0, 0.05) is 13.1 Å². The Morgan fingerprint density at radius 1 is 1.50 bits per heavy atom. The number of likely N-dealkylation sites (tertiary alicyclic amines) is 1. The van der Waals surface area contributed by atoms with E-state index in [0.717, 1.165) is 18.4 Å². The van der Waals surface area contributed by atoms with Gasteiger partial charge in [0.05, 0.1) is 0 Å². The van der Waals surface area contributed by atoms with Crippen LogP contribution < -0.4 is 5.73 Å².